The summed E-state index contributed by atoms with van der Waals surface area (Å²) in [6.45, 7) is -0.877. The van der Waals surface area contributed by atoms with Crippen LogP contribution >= 0.6 is 36.1 Å². The summed E-state index contributed by atoms with van der Waals surface area (Å²) in [6, 6.07) is 9.12. The average Bonchev–Trinajstić information content (AvgIpc) is 3.17. The summed E-state index contributed by atoms with van der Waals surface area (Å²) < 4.78 is 119. The monoisotopic (exact) mass is 963 g/mol. The van der Waals surface area contributed by atoms with Crippen molar-refractivity contribution >= 4 is 112 Å². The van der Waals surface area contributed by atoms with Crippen molar-refractivity contribution in [2.24, 2.45) is 20.5 Å². The largest absolute Gasteiger partial charge is 0.505 e. The second kappa shape index (κ2) is 21.9. The zero-order valence-corrected chi connectivity index (χ0v) is 34.8. The van der Waals surface area contributed by atoms with E-state index in [1.54, 1.807) is 0 Å². The number of aromatic hydroxyl groups is 1. The molecule has 0 aliphatic heterocycles. The van der Waals surface area contributed by atoms with E-state index in [1.807, 2.05) is 0 Å². The van der Waals surface area contributed by atoms with E-state index in [2.05, 4.69) is 43.4 Å². The molecule has 0 aromatic heterocycles. The van der Waals surface area contributed by atoms with E-state index in [4.69, 9.17) is 34.5 Å². The van der Waals surface area contributed by atoms with Gasteiger partial charge in [0.05, 0.1) is 70.1 Å². The highest BCUT2D eigenvalue weighted by Crippen LogP contribution is 2.50. The second-order valence-electron chi connectivity index (χ2n) is 10.6. The van der Waals surface area contributed by atoms with Crippen molar-refractivity contribution in [2.45, 2.75) is 19.6 Å². The van der Waals surface area contributed by atoms with Crippen LogP contribution < -0.4 is 15.2 Å². The lowest BCUT2D eigenvalue weighted by molar-refractivity contribution is -0.432. The van der Waals surface area contributed by atoms with Crippen LogP contribution in [0, 0.1) is 0 Å². The molecule has 0 unspecified atom stereocenters. The summed E-state index contributed by atoms with van der Waals surface area (Å²) in [5.74, 6) is -2.59. The van der Waals surface area contributed by atoms with Crippen LogP contribution in [0.3, 0.4) is 0 Å². The van der Waals surface area contributed by atoms with E-state index >= 15 is 0 Å². The van der Waals surface area contributed by atoms with Crippen molar-refractivity contribution in [3.63, 3.8) is 0 Å². The minimum Gasteiger partial charge on any atom is -0.505 e. The highest BCUT2D eigenvalue weighted by molar-refractivity contribution is 7.96. The molecule has 0 saturated heterocycles. The van der Waals surface area contributed by atoms with Crippen molar-refractivity contribution in [2.75, 3.05) is 38.1 Å². The number of azo groups is 2. The number of fused-ring (bicyclic) bond motifs is 1. The number of anilines is 1. The molecule has 4 rings (SSSR count). The number of nitrogen functional groups attached to an aromatic ring is 1. The van der Waals surface area contributed by atoms with Crippen LogP contribution in [0.15, 0.2) is 88.6 Å². The van der Waals surface area contributed by atoms with Gasteiger partial charge in [-0.15, -0.1) is 24.0 Å². The minimum atomic E-state index is -5.12. The van der Waals surface area contributed by atoms with Gasteiger partial charge in [0.2, 0.25) is 0 Å². The van der Waals surface area contributed by atoms with Gasteiger partial charge in [0, 0.05) is 24.2 Å². The molecule has 0 heterocycles. The standard InChI is InChI=1S/C28H27N5O20S6.H2O/c1-46-18-12-20(55-49-23(34)13-54-52-50-36)19(47-2)11-17(18)31-32-26-21(56-53-51-37)9-14-10-22(58(40,41)42)27(25(29)24(14)28(26)35)33-30-15-3-5-16(6-4-15)57(38,39)8-7-48-59(43,44)45;/h3-6,9-12,35-37H,7-8,13,29H2,1-2H3,(H,40,41,42)(H,43,44,45);1H2. The predicted molar refractivity (Wildman–Crippen MR) is 207 cm³/mol. The summed E-state index contributed by atoms with van der Waals surface area (Å²) in [7, 11) is -11.5. The van der Waals surface area contributed by atoms with E-state index in [0.717, 1.165) is 30.3 Å². The molecule has 4 aromatic carbocycles. The van der Waals surface area contributed by atoms with E-state index in [-0.39, 0.29) is 71.6 Å². The van der Waals surface area contributed by atoms with Crippen molar-refractivity contribution in [3.05, 3.63) is 48.5 Å². The first-order valence-corrected chi connectivity index (χ1v) is 21.9. The highest BCUT2D eigenvalue weighted by atomic mass is 32.3. The Hall–Kier alpha value is -4.49. The number of hydrogen-bond acceptors (Lipinski definition) is 26. The van der Waals surface area contributed by atoms with Crippen LogP contribution in [0.1, 0.15) is 0 Å². The Morgan fingerprint density at radius 3 is 2.05 bits per heavy atom. The number of nitrogens with two attached hydrogens (primary N) is 1. The second-order valence-corrected chi connectivity index (χ2v) is 17.4. The van der Waals surface area contributed by atoms with Crippen molar-refractivity contribution < 1.29 is 96.8 Å². The summed E-state index contributed by atoms with van der Waals surface area (Å²) in [4.78, 5) is 10.8. The molecule has 4 aromatic rings. The number of rotatable bonds is 21. The number of hydrogen-bond donors (Lipinski definition) is 6. The van der Waals surface area contributed by atoms with Crippen molar-refractivity contribution in [1.82, 2.24) is 0 Å². The number of carbonyl (C=O) groups is 1. The number of ether oxygens (including phenoxy) is 2. The third-order valence-corrected chi connectivity index (χ3v) is 11.9. The molecule has 60 heavy (non-hydrogen) atoms. The Kier molecular flexibility index (Phi) is 18.2. The van der Waals surface area contributed by atoms with Crippen molar-refractivity contribution in [1.29, 1.82) is 0 Å². The first-order chi connectivity index (χ1) is 27.8. The Labute approximate surface area is 350 Å². The maximum atomic E-state index is 12.5. The van der Waals surface area contributed by atoms with E-state index in [1.165, 1.54) is 32.4 Å². The molecule has 0 atom stereocenters. The quantitative estimate of drug-likeness (QED) is 0.0121. The SMILES string of the molecule is COc1cc(SOC(=O)CSOOO)c(OC)cc1N=Nc1c(SOOO)cc2cc(S(=O)(=O)O)c(N=Nc3ccc(S(=O)(=O)CCOS(=O)(=O)O)cc3)c(N)c2c1O.O. The van der Waals surface area contributed by atoms with Gasteiger partial charge in [-0.25, -0.2) is 23.1 Å². The Balaban J connectivity index is 0.00000961. The maximum Gasteiger partial charge on any atom is 0.397 e. The van der Waals surface area contributed by atoms with Crippen LogP contribution in [0.4, 0.5) is 28.4 Å². The number of phenolic OH excluding ortho intramolecular Hbond substituents is 1. The fraction of sp³-hybridized carbons (Fsp3) is 0.179. The van der Waals surface area contributed by atoms with Gasteiger partial charge >= 0.3 is 16.4 Å². The number of phenols is 1. The Bertz CT molecular complexity index is 2580. The maximum absolute atomic E-state index is 12.5. The molecule has 0 saturated carbocycles. The summed E-state index contributed by atoms with van der Waals surface area (Å²) in [5.41, 5.74) is 4.59. The molecule has 328 valence electrons. The third kappa shape index (κ3) is 13.3. The molecule has 0 aliphatic carbocycles. The smallest absolute Gasteiger partial charge is 0.397 e. The Morgan fingerprint density at radius 2 is 1.45 bits per heavy atom. The number of benzene rings is 4. The molecule has 0 fully saturated rings. The summed E-state index contributed by atoms with van der Waals surface area (Å²) in [6.07, 6.45) is 0. The fourth-order valence-electron chi connectivity index (χ4n) is 4.53. The van der Waals surface area contributed by atoms with E-state index in [9.17, 15) is 39.7 Å². The molecular formula is C28H29N5O21S6. The molecule has 26 nitrogen and oxygen atoms in total. The zero-order chi connectivity index (χ0) is 43.5. The fourth-order valence-corrected chi connectivity index (χ4v) is 8.12. The van der Waals surface area contributed by atoms with Gasteiger partial charge in [0.25, 0.3) is 10.1 Å². The van der Waals surface area contributed by atoms with Gasteiger partial charge in [-0.3, -0.25) is 13.9 Å². The van der Waals surface area contributed by atoms with Gasteiger partial charge in [0.15, 0.2) is 15.6 Å². The summed E-state index contributed by atoms with van der Waals surface area (Å²) in [5, 5.41) is 51.1. The molecule has 32 heteroatoms. The van der Waals surface area contributed by atoms with Gasteiger partial charge in [-0.2, -0.15) is 21.9 Å². The number of carbonyl (C=O) groups excluding carboxylic acids is 1. The predicted octanol–water partition coefficient (Wildman–Crippen LogP) is 5.04. The van der Waals surface area contributed by atoms with Crippen molar-refractivity contribution in [3.8, 4) is 17.2 Å². The Morgan fingerprint density at radius 1 is 0.800 bits per heavy atom. The normalized spacial score (nSPS) is 12.2. The lowest BCUT2D eigenvalue weighted by Crippen LogP contribution is -2.15. The van der Waals surface area contributed by atoms with E-state index in [0.29, 0.717) is 24.1 Å². The number of methoxy groups -OCH3 is 2. The van der Waals surface area contributed by atoms with Gasteiger partial charge in [-0.05, 0) is 41.8 Å². The average molecular weight is 964 g/mol. The zero-order valence-electron chi connectivity index (χ0n) is 29.9. The molecule has 0 amide bonds. The molecule has 0 aliphatic rings. The topological polar surface area (TPSA) is 401 Å². The van der Waals surface area contributed by atoms with Gasteiger partial charge in [0.1, 0.15) is 51.3 Å². The first kappa shape index (κ1) is 49.9. The van der Waals surface area contributed by atoms with Crippen LogP contribution in [0.5, 0.6) is 17.2 Å². The van der Waals surface area contributed by atoms with E-state index < -0.39 is 76.4 Å². The van der Waals surface area contributed by atoms with Gasteiger partial charge in [-0.1, -0.05) is 10.1 Å². The van der Waals surface area contributed by atoms with Crippen LogP contribution in [-0.2, 0) is 62.3 Å². The molecule has 0 bridgehead atoms. The van der Waals surface area contributed by atoms with Crippen LogP contribution in [0.25, 0.3) is 10.8 Å². The first-order valence-electron chi connectivity index (χ1n) is 15.1. The number of nitrogens with zero attached hydrogens (tertiary/aromatic N) is 4. The lowest BCUT2D eigenvalue weighted by atomic mass is 10.1. The lowest BCUT2D eigenvalue weighted by Gasteiger charge is -2.14. The van der Waals surface area contributed by atoms with Gasteiger partial charge < -0.3 is 30.0 Å². The molecular weight excluding hydrogens is 935 g/mol. The van der Waals surface area contributed by atoms with Crippen LogP contribution in [-0.4, -0.2) is 93.8 Å². The molecule has 9 N–H and O–H groups in total. The minimum absolute atomic E-state index is 0. The summed E-state index contributed by atoms with van der Waals surface area (Å²) >= 11 is 1.30. The number of sulfone groups is 1. The molecule has 0 radical (unpaired) electrons. The van der Waals surface area contributed by atoms with Crippen LogP contribution in [0.2, 0.25) is 0 Å². The highest BCUT2D eigenvalue weighted by Gasteiger charge is 2.26. The molecule has 0 spiro atoms. The third-order valence-electron chi connectivity index (χ3n) is 6.99.